The van der Waals surface area contributed by atoms with Crippen molar-refractivity contribution in [1.82, 2.24) is 0 Å². The normalized spacial score (nSPS) is 10.1. The highest BCUT2D eigenvalue weighted by molar-refractivity contribution is 7.99. The summed E-state index contributed by atoms with van der Waals surface area (Å²) in [5.41, 5.74) is 0. The van der Waals surface area contributed by atoms with E-state index in [1.165, 1.54) is 0 Å². The van der Waals surface area contributed by atoms with E-state index < -0.39 is 0 Å². The maximum atomic E-state index is 11.1. The number of unbranched alkanes of at least 4 members (excludes halogenated alkanes) is 1. The van der Waals surface area contributed by atoms with Gasteiger partial charge in [0.25, 0.3) is 0 Å². The molecule has 0 radical (unpaired) electrons. The Morgan fingerprint density at radius 1 is 1.29 bits per heavy atom. The predicted molar refractivity (Wildman–Crippen MR) is 59.7 cm³/mol. The van der Waals surface area contributed by atoms with Crippen molar-refractivity contribution in [2.24, 2.45) is 0 Å². The first kappa shape index (κ1) is 13.8. The standard InChI is InChI=1S/C10H20O3S/c1-3-4-7-13-10(11)9-14-8-5-6-12-2/h3-9H2,1-2H3. The Labute approximate surface area is 90.5 Å². The zero-order chi connectivity index (χ0) is 10.6. The number of esters is 1. The van der Waals surface area contributed by atoms with Gasteiger partial charge in [0.2, 0.25) is 0 Å². The number of carbonyl (C=O) groups excluding carboxylic acids is 1. The van der Waals surface area contributed by atoms with Crippen molar-refractivity contribution in [2.45, 2.75) is 26.2 Å². The fraction of sp³-hybridized carbons (Fsp3) is 0.900. The van der Waals surface area contributed by atoms with E-state index in [0.717, 1.165) is 31.6 Å². The van der Waals surface area contributed by atoms with Gasteiger partial charge in [-0.3, -0.25) is 4.79 Å². The van der Waals surface area contributed by atoms with Crippen LogP contribution in [0.5, 0.6) is 0 Å². The number of hydrogen-bond donors (Lipinski definition) is 0. The number of ether oxygens (including phenoxy) is 2. The molecule has 0 aromatic rings. The van der Waals surface area contributed by atoms with Gasteiger partial charge in [-0.25, -0.2) is 0 Å². The third kappa shape index (κ3) is 9.86. The maximum Gasteiger partial charge on any atom is 0.315 e. The van der Waals surface area contributed by atoms with E-state index in [2.05, 4.69) is 6.92 Å². The summed E-state index contributed by atoms with van der Waals surface area (Å²) in [6, 6.07) is 0. The number of hydrogen-bond acceptors (Lipinski definition) is 4. The highest BCUT2D eigenvalue weighted by atomic mass is 32.2. The van der Waals surface area contributed by atoms with Crippen molar-refractivity contribution in [3.8, 4) is 0 Å². The van der Waals surface area contributed by atoms with Gasteiger partial charge in [0.15, 0.2) is 0 Å². The van der Waals surface area contributed by atoms with Crippen LogP contribution in [0.4, 0.5) is 0 Å². The molecule has 0 aromatic carbocycles. The van der Waals surface area contributed by atoms with Crippen LogP contribution in [0.25, 0.3) is 0 Å². The van der Waals surface area contributed by atoms with Gasteiger partial charge in [-0.05, 0) is 18.6 Å². The average Bonchev–Trinajstić information content (AvgIpc) is 2.18. The largest absolute Gasteiger partial charge is 0.465 e. The summed E-state index contributed by atoms with van der Waals surface area (Å²) in [5.74, 6) is 1.32. The van der Waals surface area contributed by atoms with Gasteiger partial charge in [-0.2, -0.15) is 11.8 Å². The van der Waals surface area contributed by atoms with E-state index in [0.29, 0.717) is 12.4 Å². The Morgan fingerprint density at radius 2 is 2.07 bits per heavy atom. The molecule has 0 atom stereocenters. The van der Waals surface area contributed by atoms with Gasteiger partial charge in [0, 0.05) is 13.7 Å². The Kier molecular flexibility index (Phi) is 10.7. The first-order valence-electron chi connectivity index (χ1n) is 5.03. The molecule has 0 aliphatic rings. The van der Waals surface area contributed by atoms with Crippen LogP contribution in [0.1, 0.15) is 26.2 Å². The van der Waals surface area contributed by atoms with Crippen LogP contribution in [0.15, 0.2) is 0 Å². The Morgan fingerprint density at radius 3 is 2.71 bits per heavy atom. The molecule has 0 aliphatic carbocycles. The summed E-state index contributed by atoms with van der Waals surface area (Å²) in [4.78, 5) is 11.1. The topological polar surface area (TPSA) is 35.5 Å². The highest BCUT2D eigenvalue weighted by Gasteiger charge is 2.01. The summed E-state index contributed by atoms with van der Waals surface area (Å²) >= 11 is 1.60. The molecule has 0 fully saturated rings. The van der Waals surface area contributed by atoms with E-state index in [-0.39, 0.29) is 5.97 Å². The van der Waals surface area contributed by atoms with Gasteiger partial charge in [-0.15, -0.1) is 0 Å². The molecule has 0 aliphatic heterocycles. The maximum absolute atomic E-state index is 11.1. The molecule has 0 aromatic heterocycles. The van der Waals surface area contributed by atoms with E-state index in [9.17, 15) is 4.79 Å². The summed E-state index contributed by atoms with van der Waals surface area (Å²) in [6.45, 7) is 3.40. The van der Waals surface area contributed by atoms with Gasteiger partial charge < -0.3 is 9.47 Å². The third-order valence-electron chi connectivity index (χ3n) is 1.62. The minimum absolute atomic E-state index is 0.0964. The first-order valence-corrected chi connectivity index (χ1v) is 6.19. The van der Waals surface area contributed by atoms with Gasteiger partial charge >= 0.3 is 5.97 Å². The number of rotatable bonds is 9. The lowest BCUT2D eigenvalue weighted by atomic mass is 10.4. The van der Waals surface area contributed by atoms with Crippen LogP contribution in [-0.2, 0) is 14.3 Å². The van der Waals surface area contributed by atoms with Crippen LogP contribution in [0, 0.1) is 0 Å². The second-order valence-corrected chi connectivity index (χ2v) is 4.08. The Bertz CT molecular complexity index is 139. The predicted octanol–water partition coefficient (Wildman–Crippen LogP) is 2.10. The van der Waals surface area contributed by atoms with Crippen molar-refractivity contribution in [1.29, 1.82) is 0 Å². The Balaban J connectivity index is 3.10. The zero-order valence-corrected chi connectivity index (χ0v) is 9.90. The third-order valence-corrected chi connectivity index (χ3v) is 2.64. The first-order chi connectivity index (χ1) is 6.81. The molecule has 3 nitrogen and oxygen atoms in total. The van der Waals surface area contributed by atoms with E-state index in [1.54, 1.807) is 18.9 Å². The van der Waals surface area contributed by atoms with Crippen molar-refractivity contribution < 1.29 is 14.3 Å². The molecule has 0 saturated carbocycles. The zero-order valence-electron chi connectivity index (χ0n) is 9.08. The van der Waals surface area contributed by atoms with Gasteiger partial charge in [0.05, 0.1) is 12.4 Å². The fourth-order valence-corrected chi connectivity index (χ4v) is 1.55. The summed E-state index contributed by atoms with van der Waals surface area (Å²) in [7, 11) is 1.68. The van der Waals surface area contributed by atoms with Gasteiger partial charge in [0.1, 0.15) is 0 Å². The monoisotopic (exact) mass is 220 g/mol. The molecule has 0 amide bonds. The van der Waals surface area contributed by atoms with Crippen molar-refractivity contribution in [3.63, 3.8) is 0 Å². The van der Waals surface area contributed by atoms with Crippen molar-refractivity contribution in [2.75, 3.05) is 31.8 Å². The SMILES string of the molecule is CCCCOC(=O)CSCCCOC. The molecule has 84 valence electrons. The fourth-order valence-electron chi connectivity index (χ4n) is 0.833. The number of methoxy groups -OCH3 is 1. The molecular formula is C10H20O3S. The highest BCUT2D eigenvalue weighted by Crippen LogP contribution is 2.03. The van der Waals surface area contributed by atoms with E-state index >= 15 is 0 Å². The van der Waals surface area contributed by atoms with Crippen molar-refractivity contribution >= 4 is 17.7 Å². The second kappa shape index (κ2) is 10.9. The molecule has 0 saturated heterocycles. The second-order valence-electron chi connectivity index (χ2n) is 2.97. The quantitative estimate of drug-likeness (QED) is 0.440. The molecular weight excluding hydrogens is 200 g/mol. The van der Waals surface area contributed by atoms with E-state index in [1.807, 2.05) is 0 Å². The number of carbonyl (C=O) groups is 1. The van der Waals surface area contributed by atoms with Crippen LogP contribution in [-0.4, -0.2) is 37.8 Å². The lowest BCUT2D eigenvalue weighted by molar-refractivity contribution is -0.140. The number of thioether (sulfide) groups is 1. The average molecular weight is 220 g/mol. The summed E-state index contributed by atoms with van der Waals surface area (Å²) in [6.07, 6.45) is 3.01. The lowest BCUT2D eigenvalue weighted by Crippen LogP contribution is -2.08. The van der Waals surface area contributed by atoms with Crippen LogP contribution < -0.4 is 0 Å². The molecule has 0 N–H and O–H groups in total. The van der Waals surface area contributed by atoms with Crippen LogP contribution in [0.3, 0.4) is 0 Å². The molecule has 0 spiro atoms. The Hall–Kier alpha value is -0.220. The minimum Gasteiger partial charge on any atom is -0.465 e. The molecule has 14 heavy (non-hydrogen) atoms. The van der Waals surface area contributed by atoms with Crippen LogP contribution in [0.2, 0.25) is 0 Å². The van der Waals surface area contributed by atoms with Gasteiger partial charge in [-0.1, -0.05) is 13.3 Å². The molecule has 0 unspecified atom stereocenters. The van der Waals surface area contributed by atoms with Crippen LogP contribution >= 0.6 is 11.8 Å². The summed E-state index contributed by atoms with van der Waals surface area (Å²) < 4.78 is 9.90. The molecule has 0 bridgehead atoms. The van der Waals surface area contributed by atoms with E-state index in [4.69, 9.17) is 9.47 Å². The lowest BCUT2D eigenvalue weighted by Gasteiger charge is -2.03. The molecule has 4 heteroatoms. The van der Waals surface area contributed by atoms with Crippen molar-refractivity contribution in [3.05, 3.63) is 0 Å². The smallest absolute Gasteiger partial charge is 0.315 e. The minimum atomic E-state index is -0.0964. The summed E-state index contributed by atoms with van der Waals surface area (Å²) in [5, 5.41) is 0. The molecule has 0 rings (SSSR count). The molecule has 0 heterocycles.